The van der Waals surface area contributed by atoms with Crippen LogP contribution in [0.4, 0.5) is 17.1 Å². The number of fused-ring (bicyclic) bond motifs is 8. The third-order valence-corrected chi connectivity index (χ3v) is 11.8. The van der Waals surface area contributed by atoms with E-state index in [1.54, 1.807) is 5.46 Å². The molecule has 49 heavy (non-hydrogen) atoms. The molecule has 0 unspecified atom stereocenters. The Hall–Kier alpha value is -5.53. The highest BCUT2D eigenvalue weighted by Gasteiger charge is 2.41. The zero-order chi connectivity index (χ0) is 32.1. The number of nitrogens with zero attached hydrogens (tertiary/aromatic N) is 1. The van der Waals surface area contributed by atoms with Gasteiger partial charge in [-0.25, -0.2) is 0 Å². The molecule has 4 aliphatic rings. The van der Waals surface area contributed by atoms with Gasteiger partial charge in [0.15, 0.2) is 0 Å². The molecule has 0 amide bonds. The van der Waals surface area contributed by atoms with Crippen LogP contribution in [0.2, 0.25) is 0 Å². The monoisotopic (exact) mass is 621 g/mol. The predicted molar refractivity (Wildman–Crippen MR) is 207 cm³/mol. The van der Waals surface area contributed by atoms with Crippen molar-refractivity contribution in [3.05, 3.63) is 196 Å². The van der Waals surface area contributed by atoms with E-state index in [2.05, 4.69) is 157 Å². The Morgan fingerprint density at radius 1 is 0.306 bits per heavy atom. The third kappa shape index (κ3) is 4.09. The van der Waals surface area contributed by atoms with Gasteiger partial charge in [-0.1, -0.05) is 148 Å². The molecule has 228 valence electrons. The van der Waals surface area contributed by atoms with Crippen LogP contribution in [0.25, 0.3) is 0 Å². The fourth-order valence-corrected chi connectivity index (χ4v) is 9.80. The zero-order valence-corrected chi connectivity index (χ0v) is 27.4. The fourth-order valence-electron chi connectivity index (χ4n) is 9.80. The molecule has 0 fully saturated rings. The topological polar surface area (TPSA) is 3.24 Å². The standard InChI is InChI=1S/C46H33B2N/c1-3-16-38(17-4-1)49(39-18-5-2-6-19-39)40-27-36-23-31-13-8-10-21-42(31)48-44-29-43-34(25-35(44)26-37(28-40)46(36)48)24-33-15-11-14-32-22-30-12-7-9-20-41(30)47(43)45(32)33/h1-21,25,27-29H,22-24,26H2. The third-order valence-electron chi connectivity index (χ3n) is 11.8. The first-order chi connectivity index (χ1) is 24.3. The van der Waals surface area contributed by atoms with Crippen LogP contribution < -0.4 is 37.7 Å². The summed E-state index contributed by atoms with van der Waals surface area (Å²) in [5.41, 5.74) is 24.6. The van der Waals surface area contributed by atoms with Gasteiger partial charge in [-0.3, -0.25) is 0 Å². The summed E-state index contributed by atoms with van der Waals surface area (Å²) in [6, 6.07) is 57.4. The number of benzene rings is 7. The maximum Gasteiger partial charge on any atom is 0.242 e. The SMILES string of the molecule is c1ccc(N(c2ccccc2)c2cc3c4c(c2)Cc2cc5c(cc2B4c2ccccc2C3)B2c3ccccc3Cc3cccc(c32)C5)cc1. The second-order valence-corrected chi connectivity index (χ2v) is 14.4. The Morgan fingerprint density at radius 2 is 0.735 bits per heavy atom. The van der Waals surface area contributed by atoms with Crippen LogP contribution in [-0.4, -0.2) is 13.4 Å². The maximum atomic E-state index is 2.66. The van der Waals surface area contributed by atoms with E-state index in [-0.39, 0.29) is 6.71 Å². The molecule has 0 aliphatic carbocycles. The highest BCUT2D eigenvalue weighted by atomic mass is 15.1. The van der Waals surface area contributed by atoms with Crippen molar-refractivity contribution in [1.82, 2.24) is 0 Å². The minimum atomic E-state index is 0.246. The molecule has 0 N–H and O–H groups in total. The summed E-state index contributed by atoms with van der Waals surface area (Å²) in [6.07, 6.45) is 3.98. The Labute approximate surface area is 289 Å². The van der Waals surface area contributed by atoms with Gasteiger partial charge in [-0.2, -0.15) is 0 Å². The van der Waals surface area contributed by atoms with Crippen LogP contribution in [0.1, 0.15) is 44.5 Å². The van der Waals surface area contributed by atoms with Crippen molar-refractivity contribution < 1.29 is 0 Å². The minimum Gasteiger partial charge on any atom is -0.310 e. The van der Waals surface area contributed by atoms with Crippen LogP contribution in [-0.2, 0) is 25.7 Å². The highest BCUT2D eigenvalue weighted by molar-refractivity contribution is 7.00. The van der Waals surface area contributed by atoms with Gasteiger partial charge in [0, 0.05) is 17.1 Å². The summed E-state index contributed by atoms with van der Waals surface area (Å²) < 4.78 is 0. The number of hydrogen-bond donors (Lipinski definition) is 0. The predicted octanol–water partition coefficient (Wildman–Crippen LogP) is 5.81. The van der Waals surface area contributed by atoms with Gasteiger partial charge in [0.1, 0.15) is 0 Å². The molecule has 0 saturated heterocycles. The molecular formula is C46H33B2N. The normalized spacial score (nSPS) is 14.1. The maximum absolute atomic E-state index is 2.66. The summed E-state index contributed by atoms with van der Waals surface area (Å²) >= 11 is 0. The Kier molecular flexibility index (Phi) is 5.87. The van der Waals surface area contributed by atoms with Gasteiger partial charge < -0.3 is 4.90 Å². The summed E-state index contributed by atoms with van der Waals surface area (Å²) in [5, 5.41) is 0. The second-order valence-electron chi connectivity index (χ2n) is 14.4. The summed E-state index contributed by atoms with van der Waals surface area (Å²) in [4.78, 5) is 2.43. The molecule has 0 atom stereocenters. The molecule has 0 saturated carbocycles. The van der Waals surface area contributed by atoms with Crippen molar-refractivity contribution in [2.24, 2.45) is 0 Å². The van der Waals surface area contributed by atoms with Crippen LogP contribution in [0, 0.1) is 0 Å². The Bertz CT molecular complexity index is 2430. The molecule has 7 aromatic carbocycles. The quantitative estimate of drug-likeness (QED) is 0.226. The lowest BCUT2D eigenvalue weighted by atomic mass is 9.27. The van der Waals surface area contributed by atoms with E-state index in [1.165, 1.54) is 88.9 Å². The Balaban J connectivity index is 1.13. The summed E-state index contributed by atoms with van der Waals surface area (Å²) in [7, 11) is 0. The van der Waals surface area contributed by atoms with E-state index < -0.39 is 0 Å². The molecular weight excluding hydrogens is 588 g/mol. The van der Waals surface area contributed by atoms with E-state index >= 15 is 0 Å². The average molecular weight is 621 g/mol. The molecule has 0 radical (unpaired) electrons. The van der Waals surface area contributed by atoms with Crippen molar-refractivity contribution in [1.29, 1.82) is 0 Å². The van der Waals surface area contributed by atoms with Gasteiger partial charge in [-0.15, -0.1) is 0 Å². The summed E-state index contributed by atoms with van der Waals surface area (Å²) in [5.74, 6) is 0. The lowest BCUT2D eigenvalue weighted by Crippen LogP contribution is -2.65. The molecule has 0 aromatic heterocycles. The zero-order valence-electron chi connectivity index (χ0n) is 27.4. The molecule has 4 aliphatic heterocycles. The minimum absolute atomic E-state index is 0.246. The van der Waals surface area contributed by atoms with Crippen LogP contribution >= 0.6 is 0 Å². The van der Waals surface area contributed by atoms with Crippen molar-refractivity contribution >= 4 is 63.3 Å². The van der Waals surface area contributed by atoms with Gasteiger partial charge in [-0.05, 0) is 107 Å². The van der Waals surface area contributed by atoms with Crippen LogP contribution in [0.5, 0.6) is 0 Å². The largest absolute Gasteiger partial charge is 0.310 e. The molecule has 4 heterocycles. The van der Waals surface area contributed by atoms with Gasteiger partial charge in [0.05, 0.1) is 0 Å². The number of hydrogen-bond acceptors (Lipinski definition) is 1. The highest BCUT2D eigenvalue weighted by Crippen LogP contribution is 2.37. The molecule has 0 bridgehead atoms. The molecule has 3 heteroatoms. The van der Waals surface area contributed by atoms with E-state index in [4.69, 9.17) is 0 Å². The second kappa shape index (κ2) is 10.5. The first-order valence-electron chi connectivity index (χ1n) is 17.8. The van der Waals surface area contributed by atoms with E-state index in [9.17, 15) is 0 Å². The number of anilines is 3. The van der Waals surface area contributed by atoms with Crippen molar-refractivity contribution in [3.63, 3.8) is 0 Å². The van der Waals surface area contributed by atoms with Crippen LogP contribution in [0.3, 0.4) is 0 Å². The lowest BCUT2D eigenvalue weighted by molar-refractivity contribution is 1.11. The first-order valence-corrected chi connectivity index (χ1v) is 17.8. The molecule has 11 rings (SSSR count). The van der Waals surface area contributed by atoms with Gasteiger partial charge >= 0.3 is 0 Å². The van der Waals surface area contributed by atoms with Crippen LogP contribution in [0.15, 0.2) is 152 Å². The van der Waals surface area contributed by atoms with Gasteiger partial charge in [0.2, 0.25) is 13.4 Å². The Morgan fingerprint density at radius 3 is 1.31 bits per heavy atom. The van der Waals surface area contributed by atoms with Crippen molar-refractivity contribution in [2.45, 2.75) is 25.7 Å². The average Bonchev–Trinajstić information content (AvgIpc) is 3.15. The van der Waals surface area contributed by atoms with Crippen molar-refractivity contribution in [2.75, 3.05) is 4.90 Å². The number of para-hydroxylation sites is 2. The molecule has 7 aromatic rings. The van der Waals surface area contributed by atoms with Crippen molar-refractivity contribution in [3.8, 4) is 0 Å². The molecule has 0 spiro atoms. The number of rotatable bonds is 3. The lowest BCUT2D eigenvalue weighted by Gasteiger charge is -2.38. The van der Waals surface area contributed by atoms with Gasteiger partial charge in [0.25, 0.3) is 0 Å². The van der Waals surface area contributed by atoms with E-state index in [0.717, 1.165) is 25.7 Å². The van der Waals surface area contributed by atoms with E-state index in [1.807, 2.05) is 0 Å². The first kappa shape index (κ1) is 27.4. The fraction of sp³-hybridized carbons (Fsp3) is 0.0870. The van der Waals surface area contributed by atoms with E-state index in [0.29, 0.717) is 6.71 Å². The smallest absolute Gasteiger partial charge is 0.242 e. The summed E-state index contributed by atoms with van der Waals surface area (Å²) in [6.45, 7) is 0.549. The molecule has 1 nitrogen and oxygen atoms in total.